The number of anilines is 2. The molecule has 1 aromatic heterocycles. The lowest BCUT2D eigenvalue weighted by molar-refractivity contribution is 0.181. The summed E-state index contributed by atoms with van der Waals surface area (Å²) in [7, 11) is 0.282. The highest BCUT2D eigenvalue weighted by atomic mass is 35.5. The number of aromatic amines is 1. The van der Waals surface area contributed by atoms with Gasteiger partial charge in [0.2, 0.25) is 10.0 Å². The maximum Gasteiger partial charge on any atom is 0.414 e. The number of hydrogen-bond donors (Lipinski definition) is 2. The van der Waals surface area contributed by atoms with E-state index in [9.17, 15) is 18.3 Å². The molecule has 1 aliphatic rings. The molecular weight excluding hydrogens is 566 g/mol. The first-order valence-corrected chi connectivity index (χ1v) is 15.1. The van der Waals surface area contributed by atoms with Gasteiger partial charge in [-0.1, -0.05) is 29.8 Å². The van der Waals surface area contributed by atoms with E-state index >= 15 is 0 Å². The molecule has 214 valence electrons. The number of nitrogens with zero attached hydrogens (tertiary/aromatic N) is 4. The predicted octanol–water partition coefficient (Wildman–Crippen LogP) is 4.98. The van der Waals surface area contributed by atoms with Crippen molar-refractivity contribution in [2.75, 3.05) is 55.8 Å². The standard InChI is InChI=1S/C29H30ClN5O5S/c1-33(2)14-15-35(41(3,38)39)23-11-7-21(8-12-23)31-27(26-24-13-6-20(30)18-25(24)32-28(26)36)19-4-9-22(10-5-19)34-16-17-40-29(34)37/h4-13,18,32,36H,14-17H2,1-3H3. The fourth-order valence-electron chi connectivity index (χ4n) is 4.69. The Bertz CT molecular complexity index is 1720. The lowest BCUT2D eigenvalue weighted by Gasteiger charge is -2.24. The number of benzene rings is 3. The van der Waals surface area contributed by atoms with Gasteiger partial charge in [0, 0.05) is 34.7 Å². The van der Waals surface area contributed by atoms with Crippen LogP contribution in [0.5, 0.6) is 5.88 Å². The molecule has 0 saturated carbocycles. The largest absolute Gasteiger partial charge is 0.494 e. The molecule has 0 spiro atoms. The Morgan fingerprint density at radius 2 is 1.78 bits per heavy atom. The minimum Gasteiger partial charge on any atom is -0.494 e. The number of aromatic hydroxyl groups is 1. The molecular formula is C29H30ClN5O5S. The maximum atomic E-state index is 12.5. The second-order valence-electron chi connectivity index (χ2n) is 9.97. The molecule has 0 bridgehead atoms. The summed E-state index contributed by atoms with van der Waals surface area (Å²) in [4.78, 5) is 23.4. The number of H-pyrrole nitrogens is 1. The van der Waals surface area contributed by atoms with E-state index in [1.807, 2.05) is 37.2 Å². The lowest BCUT2D eigenvalue weighted by Crippen LogP contribution is -2.35. The highest BCUT2D eigenvalue weighted by Crippen LogP contribution is 2.34. The van der Waals surface area contributed by atoms with Crippen LogP contribution in [0.15, 0.2) is 71.7 Å². The van der Waals surface area contributed by atoms with Crippen molar-refractivity contribution in [1.29, 1.82) is 0 Å². The Hall–Kier alpha value is -4.06. The molecule has 2 heterocycles. The first kappa shape index (κ1) is 28.5. The molecule has 12 heteroatoms. The average Bonchev–Trinajstić information content (AvgIpc) is 3.49. The Balaban J connectivity index is 1.58. The molecule has 0 atom stereocenters. The molecule has 1 amide bonds. The molecule has 2 N–H and O–H groups in total. The first-order valence-electron chi connectivity index (χ1n) is 12.9. The van der Waals surface area contributed by atoms with Crippen LogP contribution >= 0.6 is 11.6 Å². The van der Waals surface area contributed by atoms with Crippen molar-refractivity contribution in [1.82, 2.24) is 9.88 Å². The number of fused-ring (bicyclic) bond motifs is 1. The number of sulfonamides is 1. The number of hydrogen-bond acceptors (Lipinski definition) is 7. The molecule has 1 saturated heterocycles. The quantitative estimate of drug-likeness (QED) is 0.264. The van der Waals surface area contributed by atoms with Crippen molar-refractivity contribution in [3.05, 3.63) is 82.9 Å². The zero-order chi connectivity index (χ0) is 29.3. The Labute approximate surface area is 243 Å². The van der Waals surface area contributed by atoms with E-state index in [0.29, 0.717) is 70.7 Å². The third-order valence-corrected chi connectivity index (χ3v) is 8.15. The van der Waals surface area contributed by atoms with Gasteiger partial charge in [0.05, 0.1) is 41.0 Å². The molecule has 0 radical (unpaired) electrons. The summed E-state index contributed by atoms with van der Waals surface area (Å²) in [5.74, 6) is -0.0724. The monoisotopic (exact) mass is 595 g/mol. The molecule has 0 aliphatic carbocycles. The molecule has 0 unspecified atom stereocenters. The zero-order valence-electron chi connectivity index (χ0n) is 22.8. The molecule has 41 heavy (non-hydrogen) atoms. The van der Waals surface area contributed by atoms with Crippen molar-refractivity contribution < 1.29 is 23.1 Å². The van der Waals surface area contributed by atoms with Crippen molar-refractivity contribution in [3.8, 4) is 5.88 Å². The van der Waals surface area contributed by atoms with Crippen LogP contribution in [0.3, 0.4) is 0 Å². The number of aromatic nitrogens is 1. The number of amides is 1. The van der Waals surface area contributed by atoms with Gasteiger partial charge in [-0.3, -0.25) is 9.21 Å². The zero-order valence-corrected chi connectivity index (χ0v) is 24.4. The highest BCUT2D eigenvalue weighted by Gasteiger charge is 2.25. The summed E-state index contributed by atoms with van der Waals surface area (Å²) in [6.07, 6.45) is 0.788. The van der Waals surface area contributed by atoms with Crippen LogP contribution < -0.4 is 9.21 Å². The summed E-state index contributed by atoms with van der Waals surface area (Å²) >= 11 is 6.19. The van der Waals surface area contributed by atoms with Crippen LogP contribution in [0.1, 0.15) is 11.1 Å². The fourth-order valence-corrected chi connectivity index (χ4v) is 5.78. The highest BCUT2D eigenvalue weighted by molar-refractivity contribution is 7.92. The van der Waals surface area contributed by atoms with Crippen molar-refractivity contribution in [2.45, 2.75) is 0 Å². The summed E-state index contributed by atoms with van der Waals surface area (Å²) in [6, 6.07) is 19.4. The van der Waals surface area contributed by atoms with E-state index in [0.717, 1.165) is 5.39 Å². The minimum absolute atomic E-state index is 0.0724. The average molecular weight is 596 g/mol. The number of nitrogens with one attached hydrogen (secondary N) is 1. The molecule has 5 rings (SSSR count). The van der Waals surface area contributed by atoms with Gasteiger partial charge in [-0.25, -0.2) is 18.2 Å². The van der Waals surface area contributed by atoms with Crippen LogP contribution in [-0.4, -0.2) is 81.8 Å². The number of rotatable bonds is 9. The second kappa shape index (κ2) is 11.4. The molecule has 10 nitrogen and oxygen atoms in total. The smallest absolute Gasteiger partial charge is 0.414 e. The Morgan fingerprint density at radius 1 is 1.07 bits per heavy atom. The van der Waals surface area contributed by atoms with E-state index in [-0.39, 0.29) is 5.88 Å². The predicted molar refractivity (Wildman–Crippen MR) is 163 cm³/mol. The van der Waals surface area contributed by atoms with Gasteiger partial charge in [-0.15, -0.1) is 0 Å². The van der Waals surface area contributed by atoms with Gasteiger partial charge in [-0.05, 0) is 62.6 Å². The van der Waals surface area contributed by atoms with Crippen molar-refractivity contribution in [3.63, 3.8) is 0 Å². The molecule has 4 aromatic rings. The summed E-state index contributed by atoms with van der Waals surface area (Å²) < 4.78 is 31.4. The van der Waals surface area contributed by atoms with E-state index in [4.69, 9.17) is 21.3 Å². The third-order valence-electron chi connectivity index (χ3n) is 6.72. The van der Waals surface area contributed by atoms with E-state index in [2.05, 4.69) is 4.98 Å². The van der Waals surface area contributed by atoms with Crippen LogP contribution in [0.4, 0.5) is 21.9 Å². The van der Waals surface area contributed by atoms with E-state index in [1.165, 1.54) is 10.6 Å². The van der Waals surface area contributed by atoms with Gasteiger partial charge >= 0.3 is 6.09 Å². The van der Waals surface area contributed by atoms with Gasteiger partial charge < -0.3 is 19.7 Å². The van der Waals surface area contributed by atoms with E-state index in [1.54, 1.807) is 53.4 Å². The van der Waals surface area contributed by atoms with Gasteiger partial charge in [0.15, 0.2) is 5.88 Å². The van der Waals surface area contributed by atoms with Crippen LogP contribution in [0.25, 0.3) is 10.9 Å². The normalized spacial score (nSPS) is 14.2. The number of carbonyl (C=O) groups is 1. The van der Waals surface area contributed by atoms with Gasteiger partial charge in [0.1, 0.15) is 6.61 Å². The van der Waals surface area contributed by atoms with Crippen LogP contribution in [-0.2, 0) is 14.8 Å². The van der Waals surface area contributed by atoms with E-state index < -0.39 is 16.1 Å². The summed E-state index contributed by atoms with van der Waals surface area (Å²) in [5, 5.41) is 12.2. The van der Waals surface area contributed by atoms with Gasteiger partial charge in [-0.2, -0.15) is 0 Å². The SMILES string of the molecule is CN(C)CCN(c1ccc(N=C(c2ccc(N3CCOC3=O)cc2)c2c(O)[nH]c3cc(Cl)ccc23)cc1)S(C)(=O)=O. The van der Waals surface area contributed by atoms with Crippen LogP contribution in [0, 0.1) is 0 Å². The number of aliphatic imine (C=N–C) groups is 1. The molecule has 3 aromatic carbocycles. The Morgan fingerprint density at radius 3 is 2.39 bits per heavy atom. The Kier molecular flexibility index (Phi) is 7.94. The van der Waals surface area contributed by atoms with Crippen molar-refractivity contribution >= 4 is 61.4 Å². The maximum absolute atomic E-state index is 12.5. The number of cyclic esters (lactones) is 1. The summed E-state index contributed by atoms with van der Waals surface area (Å²) in [5.41, 5.74) is 4.08. The number of ether oxygens (including phenoxy) is 1. The van der Waals surface area contributed by atoms with Crippen molar-refractivity contribution in [2.24, 2.45) is 4.99 Å². The number of halogens is 1. The second-order valence-corrected chi connectivity index (χ2v) is 12.3. The topological polar surface area (TPSA) is 119 Å². The van der Waals surface area contributed by atoms with Crippen LogP contribution in [0.2, 0.25) is 5.02 Å². The molecule has 1 fully saturated rings. The van der Waals surface area contributed by atoms with Gasteiger partial charge in [0.25, 0.3) is 0 Å². The number of likely N-dealkylation sites (N-methyl/N-ethyl adjacent to an activating group) is 1. The third kappa shape index (κ3) is 6.17. The lowest BCUT2D eigenvalue weighted by atomic mass is 10.00. The first-order chi connectivity index (χ1) is 19.5. The fraction of sp³-hybridized carbons (Fsp3) is 0.241. The minimum atomic E-state index is -3.49. The molecule has 1 aliphatic heterocycles. The number of carbonyl (C=O) groups excluding carboxylic acids is 1. The summed E-state index contributed by atoms with van der Waals surface area (Å²) in [6.45, 7) is 1.67.